The second-order valence-corrected chi connectivity index (χ2v) is 5.44. The Morgan fingerprint density at radius 3 is 2.74 bits per heavy atom. The zero-order valence-electron chi connectivity index (χ0n) is 12.1. The molecule has 1 amide bonds. The van der Waals surface area contributed by atoms with Crippen LogP contribution in [-0.2, 0) is 4.79 Å². The van der Waals surface area contributed by atoms with Crippen molar-refractivity contribution in [2.24, 2.45) is 0 Å². The lowest BCUT2D eigenvalue weighted by Crippen LogP contribution is -2.40. The highest BCUT2D eigenvalue weighted by Gasteiger charge is 2.29. The number of nitrogens with one attached hydrogen (secondary N) is 2. The molecule has 0 saturated heterocycles. The van der Waals surface area contributed by atoms with Crippen LogP contribution in [0.1, 0.15) is 51.5 Å². The number of carbonyl (C=O) groups is 1. The van der Waals surface area contributed by atoms with Crippen molar-refractivity contribution in [1.82, 2.24) is 5.32 Å². The van der Waals surface area contributed by atoms with Gasteiger partial charge in [-0.25, -0.2) is 0 Å². The van der Waals surface area contributed by atoms with Crippen molar-refractivity contribution in [3.8, 4) is 0 Å². The van der Waals surface area contributed by atoms with E-state index in [2.05, 4.69) is 43.5 Å². The van der Waals surface area contributed by atoms with Gasteiger partial charge in [0.2, 0.25) is 5.91 Å². The summed E-state index contributed by atoms with van der Waals surface area (Å²) in [5.41, 5.74) is 2.23. The largest absolute Gasteiger partial charge is 0.382 e. The van der Waals surface area contributed by atoms with E-state index >= 15 is 0 Å². The number of amides is 1. The third-order valence-electron chi connectivity index (χ3n) is 3.98. The molecule has 2 atom stereocenters. The molecule has 0 aromatic heterocycles. The number of hydrogen-bond donors (Lipinski definition) is 2. The predicted octanol–water partition coefficient (Wildman–Crippen LogP) is 3.28. The van der Waals surface area contributed by atoms with E-state index in [1.54, 1.807) is 0 Å². The lowest BCUT2D eigenvalue weighted by atomic mass is 9.86. The zero-order valence-corrected chi connectivity index (χ0v) is 12.1. The first-order valence-corrected chi connectivity index (χ1v) is 7.31. The Kier molecular flexibility index (Phi) is 4.46. The second-order valence-electron chi connectivity index (χ2n) is 5.44. The molecular weight excluding hydrogens is 236 g/mol. The first-order chi connectivity index (χ1) is 9.15. The molecule has 0 bridgehead atoms. The van der Waals surface area contributed by atoms with Crippen LogP contribution in [0.4, 0.5) is 5.69 Å². The minimum absolute atomic E-state index is 0.0203. The quantitative estimate of drug-likeness (QED) is 0.872. The van der Waals surface area contributed by atoms with Crippen molar-refractivity contribution in [2.75, 3.05) is 5.32 Å². The lowest BCUT2D eigenvalue weighted by Gasteiger charge is -2.31. The van der Waals surface area contributed by atoms with Gasteiger partial charge in [-0.3, -0.25) is 4.79 Å². The molecule has 19 heavy (non-hydrogen) atoms. The molecule has 3 heteroatoms. The summed E-state index contributed by atoms with van der Waals surface area (Å²) < 4.78 is 0. The van der Waals surface area contributed by atoms with Crippen molar-refractivity contribution in [3.05, 3.63) is 29.8 Å². The highest BCUT2D eigenvalue weighted by Crippen LogP contribution is 2.34. The summed E-state index contributed by atoms with van der Waals surface area (Å²) in [6, 6.07) is 8.78. The summed E-state index contributed by atoms with van der Waals surface area (Å²) in [5.74, 6) is 0.155. The van der Waals surface area contributed by atoms with E-state index in [0.29, 0.717) is 12.1 Å². The van der Waals surface area contributed by atoms with Crippen molar-refractivity contribution in [3.63, 3.8) is 0 Å². The van der Waals surface area contributed by atoms with E-state index in [-0.39, 0.29) is 11.8 Å². The Hall–Kier alpha value is -1.51. The maximum absolute atomic E-state index is 12.5. The summed E-state index contributed by atoms with van der Waals surface area (Å²) in [5, 5.41) is 6.63. The third kappa shape index (κ3) is 3.09. The third-order valence-corrected chi connectivity index (χ3v) is 3.98. The first-order valence-electron chi connectivity index (χ1n) is 7.31. The van der Waals surface area contributed by atoms with Gasteiger partial charge >= 0.3 is 0 Å². The topological polar surface area (TPSA) is 41.1 Å². The first kappa shape index (κ1) is 13.9. The van der Waals surface area contributed by atoms with Crippen LogP contribution in [0.2, 0.25) is 0 Å². The Morgan fingerprint density at radius 2 is 2.05 bits per heavy atom. The van der Waals surface area contributed by atoms with Crippen LogP contribution in [0, 0.1) is 0 Å². The molecule has 2 N–H and O–H groups in total. The molecule has 1 heterocycles. The molecule has 104 valence electrons. The molecule has 0 fully saturated rings. The highest BCUT2D eigenvalue weighted by atomic mass is 16.1. The van der Waals surface area contributed by atoms with Crippen molar-refractivity contribution >= 4 is 11.6 Å². The van der Waals surface area contributed by atoms with E-state index in [4.69, 9.17) is 0 Å². The fraction of sp³-hybridized carbons (Fsp3) is 0.562. The minimum Gasteiger partial charge on any atom is -0.382 e. The van der Waals surface area contributed by atoms with Gasteiger partial charge in [-0.15, -0.1) is 0 Å². The number of anilines is 1. The van der Waals surface area contributed by atoms with Gasteiger partial charge in [0.05, 0.1) is 5.92 Å². The van der Waals surface area contributed by atoms with Crippen LogP contribution in [0.5, 0.6) is 0 Å². The summed E-state index contributed by atoms with van der Waals surface area (Å²) >= 11 is 0. The van der Waals surface area contributed by atoms with Gasteiger partial charge in [0.25, 0.3) is 0 Å². The summed E-state index contributed by atoms with van der Waals surface area (Å²) in [6.45, 7) is 6.37. The average Bonchev–Trinajstić information content (AvgIpc) is 2.43. The number of carbonyl (C=O) groups excluding carboxylic acids is 1. The van der Waals surface area contributed by atoms with Gasteiger partial charge in [-0.05, 0) is 37.8 Å². The molecule has 2 unspecified atom stereocenters. The van der Waals surface area contributed by atoms with Crippen molar-refractivity contribution in [1.29, 1.82) is 0 Å². The molecule has 1 aliphatic heterocycles. The van der Waals surface area contributed by atoms with Gasteiger partial charge in [0.1, 0.15) is 0 Å². The van der Waals surface area contributed by atoms with Crippen LogP contribution in [0.25, 0.3) is 0 Å². The molecule has 1 aliphatic rings. The van der Waals surface area contributed by atoms with Crippen LogP contribution in [0.15, 0.2) is 24.3 Å². The van der Waals surface area contributed by atoms with Gasteiger partial charge < -0.3 is 10.6 Å². The SMILES string of the molecule is CCC(CC)NC(=O)C1CC(C)Nc2ccccc21. The molecule has 0 spiro atoms. The number of fused-ring (bicyclic) bond motifs is 1. The summed E-state index contributed by atoms with van der Waals surface area (Å²) in [7, 11) is 0. The highest BCUT2D eigenvalue weighted by molar-refractivity contribution is 5.86. The minimum atomic E-state index is -0.0203. The Labute approximate surface area is 115 Å². The van der Waals surface area contributed by atoms with Crippen LogP contribution >= 0.6 is 0 Å². The molecule has 0 saturated carbocycles. The lowest BCUT2D eigenvalue weighted by molar-refractivity contribution is -0.123. The van der Waals surface area contributed by atoms with Crippen LogP contribution < -0.4 is 10.6 Å². The van der Waals surface area contributed by atoms with Gasteiger partial charge in [0, 0.05) is 17.8 Å². The molecule has 0 aliphatic carbocycles. The molecule has 1 aromatic rings. The number of rotatable bonds is 4. The van der Waals surface area contributed by atoms with Gasteiger partial charge in [-0.2, -0.15) is 0 Å². The van der Waals surface area contributed by atoms with E-state index in [9.17, 15) is 4.79 Å². The van der Waals surface area contributed by atoms with Crippen molar-refractivity contribution < 1.29 is 4.79 Å². The standard InChI is InChI=1S/C16H24N2O/c1-4-12(5-2)18-16(19)14-10-11(3)17-15-9-7-6-8-13(14)15/h6-9,11-12,14,17H,4-5,10H2,1-3H3,(H,18,19). The average molecular weight is 260 g/mol. The predicted molar refractivity (Wildman–Crippen MR) is 79.4 cm³/mol. The van der Waals surface area contributed by atoms with E-state index in [1.165, 1.54) is 0 Å². The van der Waals surface area contributed by atoms with E-state index in [0.717, 1.165) is 30.5 Å². The fourth-order valence-electron chi connectivity index (χ4n) is 2.78. The monoisotopic (exact) mass is 260 g/mol. The molecule has 0 radical (unpaired) electrons. The Morgan fingerprint density at radius 1 is 1.37 bits per heavy atom. The van der Waals surface area contributed by atoms with Crippen molar-refractivity contribution in [2.45, 2.75) is 58.0 Å². The molecule has 3 nitrogen and oxygen atoms in total. The number of para-hydroxylation sites is 1. The molecular formula is C16H24N2O. The van der Waals surface area contributed by atoms with Crippen LogP contribution in [-0.4, -0.2) is 18.0 Å². The van der Waals surface area contributed by atoms with Gasteiger partial charge in [-0.1, -0.05) is 32.0 Å². The number of hydrogen-bond acceptors (Lipinski definition) is 2. The maximum Gasteiger partial charge on any atom is 0.227 e. The molecule has 1 aromatic carbocycles. The number of benzene rings is 1. The zero-order chi connectivity index (χ0) is 13.8. The normalized spacial score (nSPS) is 21.7. The summed E-state index contributed by atoms with van der Waals surface area (Å²) in [4.78, 5) is 12.5. The Balaban J connectivity index is 2.18. The van der Waals surface area contributed by atoms with E-state index < -0.39 is 0 Å². The summed E-state index contributed by atoms with van der Waals surface area (Å²) in [6.07, 6.45) is 2.85. The molecule has 2 rings (SSSR count). The van der Waals surface area contributed by atoms with Crippen LogP contribution in [0.3, 0.4) is 0 Å². The smallest absolute Gasteiger partial charge is 0.227 e. The Bertz CT molecular complexity index is 440. The second kappa shape index (κ2) is 6.09. The fourth-order valence-corrected chi connectivity index (χ4v) is 2.78. The maximum atomic E-state index is 12.5. The van der Waals surface area contributed by atoms with E-state index in [1.807, 2.05) is 12.1 Å². The van der Waals surface area contributed by atoms with Gasteiger partial charge in [0.15, 0.2) is 0 Å².